The van der Waals surface area contributed by atoms with E-state index in [1.54, 1.807) is 11.8 Å². The van der Waals surface area contributed by atoms with Crippen molar-refractivity contribution in [3.8, 4) is 11.3 Å². The third-order valence-electron chi connectivity index (χ3n) is 6.00. The lowest BCUT2D eigenvalue weighted by atomic mass is 10.1. The number of rotatable bonds is 6. The molecule has 0 fully saturated rings. The maximum Gasteiger partial charge on any atom is 0.256 e. The molecular formula is C27H24ClN3OS. The highest BCUT2D eigenvalue weighted by Crippen LogP contribution is 2.43. The van der Waals surface area contributed by atoms with Gasteiger partial charge in [0.25, 0.3) is 5.91 Å². The average molecular weight is 474 g/mol. The van der Waals surface area contributed by atoms with Gasteiger partial charge in [0.05, 0.1) is 11.3 Å². The predicted molar refractivity (Wildman–Crippen MR) is 136 cm³/mol. The number of halogens is 1. The maximum atomic E-state index is 13.2. The Bertz CT molecular complexity index is 1300. The van der Waals surface area contributed by atoms with Crippen molar-refractivity contribution in [3.05, 3.63) is 100 Å². The molecule has 4 aromatic rings. The topological polar surface area (TPSA) is 57.8 Å². The summed E-state index contributed by atoms with van der Waals surface area (Å²) in [6.45, 7) is 2.09. The van der Waals surface area contributed by atoms with Crippen LogP contribution < -0.4 is 5.32 Å². The number of aromatic nitrogens is 2. The van der Waals surface area contributed by atoms with Crippen LogP contribution in [0.1, 0.15) is 45.6 Å². The minimum Gasteiger partial charge on any atom is -0.322 e. The number of hydrogen-bond donors (Lipinski definition) is 2. The Labute approximate surface area is 202 Å². The molecule has 1 aliphatic rings. The molecule has 33 heavy (non-hydrogen) atoms. The van der Waals surface area contributed by atoms with Crippen LogP contribution in [0.15, 0.2) is 77.7 Å². The summed E-state index contributed by atoms with van der Waals surface area (Å²) in [5, 5.41) is 11.0. The van der Waals surface area contributed by atoms with Gasteiger partial charge in [0.2, 0.25) is 0 Å². The van der Waals surface area contributed by atoms with Crippen molar-refractivity contribution in [2.45, 2.75) is 36.3 Å². The van der Waals surface area contributed by atoms with Crippen LogP contribution in [0.4, 0.5) is 5.69 Å². The van der Waals surface area contributed by atoms with Crippen molar-refractivity contribution in [3.63, 3.8) is 0 Å². The Morgan fingerprint density at radius 3 is 2.64 bits per heavy atom. The van der Waals surface area contributed by atoms with Crippen LogP contribution in [0.25, 0.3) is 11.3 Å². The first kappa shape index (κ1) is 21.8. The number of aryl methyl sites for hydroxylation is 2. The van der Waals surface area contributed by atoms with Crippen LogP contribution in [-0.2, 0) is 12.8 Å². The van der Waals surface area contributed by atoms with Crippen LogP contribution in [0.2, 0.25) is 5.15 Å². The lowest BCUT2D eigenvalue weighted by Gasteiger charge is -2.16. The second-order valence-electron chi connectivity index (χ2n) is 8.21. The molecule has 0 radical (unpaired) electrons. The molecule has 5 rings (SSSR count). The first-order valence-corrected chi connectivity index (χ1v) is 12.3. The number of thioether (sulfide) groups is 1. The van der Waals surface area contributed by atoms with Gasteiger partial charge in [0.15, 0.2) is 0 Å². The zero-order chi connectivity index (χ0) is 22.8. The van der Waals surface area contributed by atoms with Crippen molar-refractivity contribution in [2.24, 2.45) is 0 Å². The molecule has 3 aromatic carbocycles. The fraction of sp³-hybridized carbons (Fsp3) is 0.185. The van der Waals surface area contributed by atoms with Gasteiger partial charge in [0, 0.05) is 27.0 Å². The molecular weight excluding hydrogens is 450 g/mol. The number of nitrogens with zero attached hydrogens (tertiary/aromatic N) is 1. The average Bonchev–Trinajstić information content (AvgIpc) is 3.46. The van der Waals surface area contributed by atoms with E-state index >= 15 is 0 Å². The molecule has 0 bridgehead atoms. The molecule has 1 aliphatic carbocycles. The minimum atomic E-state index is -0.107. The van der Waals surface area contributed by atoms with Gasteiger partial charge in [-0.05, 0) is 61.6 Å². The van der Waals surface area contributed by atoms with E-state index in [2.05, 4.69) is 34.6 Å². The van der Waals surface area contributed by atoms with Crippen molar-refractivity contribution < 1.29 is 4.79 Å². The zero-order valence-corrected chi connectivity index (χ0v) is 19.8. The standard InChI is InChI=1S/C27H24ClN3OS/c1-17(24-25(30-31-26(24)28)19-8-3-2-4-9-19)33-23-13-6-5-12-22(23)27(32)29-21-15-14-18-10-7-11-20(18)16-21/h2-6,8-9,12-17H,7,10-11H2,1H3,(H,29,32)(H,30,31). The minimum absolute atomic E-state index is 0.0135. The zero-order valence-electron chi connectivity index (χ0n) is 18.3. The Kier molecular flexibility index (Phi) is 6.25. The van der Waals surface area contributed by atoms with E-state index in [1.807, 2.05) is 60.7 Å². The Balaban J connectivity index is 1.39. The lowest BCUT2D eigenvalue weighted by molar-refractivity contribution is 0.102. The third-order valence-corrected chi connectivity index (χ3v) is 7.49. The number of anilines is 1. The van der Waals surface area contributed by atoms with Crippen molar-refractivity contribution in [1.29, 1.82) is 0 Å². The smallest absolute Gasteiger partial charge is 0.256 e. The third kappa shape index (κ3) is 4.56. The monoisotopic (exact) mass is 473 g/mol. The van der Waals surface area contributed by atoms with Crippen LogP contribution in [0.3, 0.4) is 0 Å². The van der Waals surface area contributed by atoms with Gasteiger partial charge in [0.1, 0.15) is 5.15 Å². The van der Waals surface area contributed by atoms with Gasteiger partial charge < -0.3 is 5.32 Å². The van der Waals surface area contributed by atoms with E-state index in [0.29, 0.717) is 10.7 Å². The summed E-state index contributed by atoms with van der Waals surface area (Å²) in [5.74, 6) is -0.107. The summed E-state index contributed by atoms with van der Waals surface area (Å²) in [5.41, 5.74) is 7.00. The van der Waals surface area contributed by atoms with Gasteiger partial charge in [-0.1, -0.05) is 60.1 Å². The fourth-order valence-corrected chi connectivity index (χ4v) is 5.90. The highest BCUT2D eigenvalue weighted by Gasteiger charge is 2.22. The number of aromatic amines is 1. The molecule has 6 heteroatoms. The molecule has 0 saturated heterocycles. The summed E-state index contributed by atoms with van der Waals surface area (Å²) in [6, 6.07) is 23.9. The number of H-pyrrole nitrogens is 1. The lowest BCUT2D eigenvalue weighted by Crippen LogP contribution is -2.13. The maximum absolute atomic E-state index is 13.2. The summed E-state index contributed by atoms with van der Waals surface area (Å²) in [6.07, 6.45) is 3.40. The second kappa shape index (κ2) is 9.46. The molecule has 166 valence electrons. The Morgan fingerprint density at radius 1 is 1.03 bits per heavy atom. The number of nitrogens with one attached hydrogen (secondary N) is 2. The summed E-state index contributed by atoms with van der Waals surface area (Å²) >= 11 is 8.11. The molecule has 1 unspecified atom stereocenters. The van der Waals surface area contributed by atoms with Crippen LogP contribution >= 0.6 is 23.4 Å². The molecule has 4 nitrogen and oxygen atoms in total. The van der Waals surface area contributed by atoms with E-state index in [1.165, 1.54) is 17.5 Å². The van der Waals surface area contributed by atoms with Gasteiger partial charge in [-0.15, -0.1) is 11.8 Å². The molecule has 0 spiro atoms. The van der Waals surface area contributed by atoms with Crippen LogP contribution in [0.5, 0.6) is 0 Å². The van der Waals surface area contributed by atoms with E-state index in [0.717, 1.165) is 40.2 Å². The Hall–Kier alpha value is -3.02. The highest BCUT2D eigenvalue weighted by molar-refractivity contribution is 7.99. The van der Waals surface area contributed by atoms with Gasteiger partial charge in [-0.2, -0.15) is 5.10 Å². The summed E-state index contributed by atoms with van der Waals surface area (Å²) in [4.78, 5) is 14.1. The number of fused-ring (bicyclic) bond motifs is 1. The number of benzene rings is 3. The van der Waals surface area contributed by atoms with Gasteiger partial charge >= 0.3 is 0 Å². The van der Waals surface area contributed by atoms with Crippen molar-refractivity contribution in [1.82, 2.24) is 10.2 Å². The molecule has 0 aliphatic heterocycles. The second-order valence-corrected chi connectivity index (χ2v) is 9.97. The molecule has 1 amide bonds. The van der Waals surface area contributed by atoms with E-state index in [-0.39, 0.29) is 11.2 Å². The molecule has 1 heterocycles. The number of carbonyl (C=O) groups excluding carboxylic acids is 1. The number of amides is 1. The largest absolute Gasteiger partial charge is 0.322 e. The van der Waals surface area contributed by atoms with Crippen molar-refractivity contribution in [2.75, 3.05) is 5.32 Å². The van der Waals surface area contributed by atoms with E-state index < -0.39 is 0 Å². The molecule has 0 saturated carbocycles. The van der Waals surface area contributed by atoms with E-state index in [9.17, 15) is 4.79 Å². The van der Waals surface area contributed by atoms with Crippen molar-refractivity contribution >= 4 is 35.0 Å². The first-order valence-electron chi connectivity index (χ1n) is 11.1. The number of carbonyl (C=O) groups is 1. The quantitative estimate of drug-likeness (QED) is 0.288. The molecule has 1 aromatic heterocycles. The molecule has 2 N–H and O–H groups in total. The molecule has 1 atom stereocenters. The number of hydrogen-bond acceptors (Lipinski definition) is 3. The van der Waals surface area contributed by atoms with Crippen LogP contribution in [-0.4, -0.2) is 16.1 Å². The SMILES string of the molecule is CC(Sc1ccccc1C(=O)Nc1ccc2c(c1)CCC2)c1c(-c2ccccc2)n[nH]c1Cl. The van der Waals surface area contributed by atoms with Gasteiger partial charge in [-0.3, -0.25) is 9.89 Å². The fourth-order valence-electron chi connectivity index (χ4n) is 4.37. The summed E-state index contributed by atoms with van der Waals surface area (Å²) in [7, 11) is 0. The Morgan fingerprint density at radius 2 is 1.79 bits per heavy atom. The summed E-state index contributed by atoms with van der Waals surface area (Å²) < 4.78 is 0. The van der Waals surface area contributed by atoms with E-state index in [4.69, 9.17) is 11.6 Å². The highest BCUT2D eigenvalue weighted by atomic mass is 35.5. The van der Waals surface area contributed by atoms with Crippen LogP contribution in [0, 0.1) is 0 Å². The normalized spacial score (nSPS) is 13.5. The first-order chi connectivity index (χ1) is 16.1. The van der Waals surface area contributed by atoms with Gasteiger partial charge in [-0.25, -0.2) is 0 Å². The predicted octanol–water partition coefficient (Wildman–Crippen LogP) is 7.32.